The molecule has 1 aliphatic heterocycles. The van der Waals surface area contributed by atoms with E-state index in [9.17, 15) is 9.90 Å². The highest BCUT2D eigenvalue weighted by atomic mass is 16.5. The lowest BCUT2D eigenvalue weighted by atomic mass is 9.79. The summed E-state index contributed by atoms with van der Waals surface area (Å²) in [6, 6.07) is 1.86. The van der Waals surface area contributed by atoms with Crippen LogP contribution in [0.3, 0.4) is 0 Å². The molecule has 1 saturated carbocycles. The summed E-state index contributed by atoms with van der Waals surface area (Å²) in [5.41, 5.74) is 1.29. The van der Waals surface area contributed by atoms with Crippen LogP contribution in [0.2, 0.25) is 0 Å². The van der Waals surface area contributed by atoms with Crippen LogP contribution in [0, 0.1) is 0 Å². The van der Waals surface area contributed by atoms with Gasteiger partial charge in [-0.2, -0.15) is 5.10 Å². The molecule has 1 aromatic heterocycles. The summed E-state index contributed by atoms with van der Waals surface area (Å²) in [6.45, 7) is 7.52. The van der Waals surface area contributed by atoms with Crippen molar-refractivity contribution < 1.29 is 14.6 Å². The van der Waals surface area contributed by atoms with Gasteiger partial charge in [0.1, 0.15) is 5.69 Å². The number of hydrogen-bond donors (Lipinski definition) is 1. The van der Waals surface area contributed by atoms with Crippen LogP contribution in [-0.4, -0.2) is 57.1 Å². The summed E-state index contributed by atoms with van der Waals surface area (Å²) < 4.78 is 7.64. The first-order valence-corrected chi connectivity index (χ1v) is 9.03. The number of ether oxygens (including phenoxy) is 1. The van der Waals surface area contributed by atoms with Gasteiger partial charge in [-0.25, -0.2) is 0 Å². The van der Waals surface area contributed by atoms with E-state index in [1.54, 1.807) is 11.8 Å². The molecule has 134 valence electrons. The first-order chi connectivity index (χ1) is 11.4. The quantitative estimate of drug-likeness (QED) is 0.916. The maximum Gasteiger partial charge on any atom is 0.272 e. The number of aliphatic hydroxyl groups is 1. The van der Waals surface area contributed by atoms with Gasteiger partial charge in [-0.1, -0.05) is 13.8 Å². The number of carbonyl (C=O) groups excluding carboxylic acids is 1. The van der Waals surface area contributed by atoms with Gasteiger partial charge in [0.2, 0.25) is 0 Å². The Morgan fingerprint density at radius 1 is 1.50 bits per heavy atom. The molecule has 0 unspecified atom stereocenters. The monoisotopic (exact) mass is 335 g/mol. The molecule has 2 aliphatic rings. The van der Waals surface area contributed by atoms with Crippen molar-refractivity contribution in [3.05, 3.63) is 17.5 Å². The highest BCUT2D eigenvalue weighted by Crippen LogP contribution is 2.43. The molecule has 0 spiro atoms. The van der Waals surface area contributed by atoms with E-state index in [2.05, 4.69) is 18.9 Å². The Labute approximate surface area is 143 Å². The molecule has 3 atom stereocenters. The van der Waals surface area contributed by atoms with E-state index in [0.29, 0.717) is 25.2 Å². The summed E-state index contributed by atoms with van der Waals surface area (Å²) in [5, 5.41) is 14.7. The Morgan fingerprint density at radius 2 is 2.25 bits per heavy atom. The molecule has 0 radical (unpaired) electrons. The van der Waals surface area contributed by atoms with Crippen LogP contribution in [-0.2, 0) is 11.3 Å². The number of likely N-dealkylation sites (tertiary alicyclic amines) is 1. The van der Waals surface area contributed by atoms with Gasteiger partial charge in [0.05, 0.1) is 23.4 Å². The zero-order chi connectivity index (χ0) is 17.5. The van der Waals surface area contributed by atoms with Crippen LogP contribution in [0.25, 0.3) is 0 Å². The van der Waals surface area contributed by atoms with Gasteiger partial charge in [-0.05, 0) is 44.6 Å². The number of fused-ring (bicyclic) bond motifs is 1. The molecule has 1 amide bonds. The number of methoxy groups -OCH3 is 1. The maximum absolute atomic E-state index is 13.2. The van der Waals surface area contributed by atoms with Crippen molar-refractivity contribution in [3.63, 3.8) is 0 Å². The third kappa shape index (κ3) is 2.75. The van der Waals surface area contributed by atoms with E-state index in [4.69, 9.17) is 4.74 Å². The van der Waals surface area contributed by atoms with Crippen LogP contribution in [0.5, 0.6) is 0 Å². The second-order valence-corrected chi connectivity index (χ2v) is 7.39. The van der Waals surface area contributed by atoms with Crippen molar-refractivity contribution in [2.75, 3.05) is 13.7 Å². The van der Waals surface area contributed by atoms with Gasteiger partial charge in [0, 0.05) is 20.2 Å². The largest absolute Gasteiger partial charge is 0.393 e. The number of carbonyl (C=O) groups is 1. The van der Waals surface area contributed by atoms with Crippen LogP contribution >= 0.6 is 0 Å². The van der Waals surface area contributed by atoms with E-state index in [1.807, 2.05) is 17.9 Å². The van der Waals surface area contributed by atoms with Gasteiger partial charge in [-0.3, -0.25) is 9.48 Å². The van der Waals surface area contributed by atoms with Crippen molar-refractivity contribution in [2.45, 2.75) is 76.7 Å². The number of amides is 1. The van der Waals surface area contributed by atoms with Crippen LogP contribution in [0.15, 0.2) is 6.07 Å². The summed E-state index contributed by atoms with van der Waals surface area (Å²) in [5.74, 6) is 0.298. The molecule has 2 fully saturated rings. The zero-order valence-electron chi connectivity index (χ0n) is 15.2. The Bertz CT molecular complexity index is 613. The molecular weight excluding hydrogens is 306 g/mol. The molecule has 6 heteroatoms. The molecule has 6 nitrogen and oxygen atoms in total. The van der Waals surface area contributed by atoms with E-state index in [-0.39, 0.29) is 29.6 Å². The third-order valence-corrected chi connectivity index (χ3v) is 5.73. The number of aryl methyl sites for hydroxylation is 1. The number of rotatable bonds is 4. The predicted molar refractivity (Wildman–Crippen MR) is 91.0 cm³/mol. The Balaban J connectivity index is 1.90. The van der Waals surface area contributed by atoms with Crippen LogP contribution in [0.1, 0.15) is 68.6 Å². The number of nitrogens with zero attached hydrogens (tertiary/aromatic N) is 3. The summed E-state index contributed by atoms with van der Waals surface area (Å²) >= 11 is 0. The average Bonchev–Trinajstić information content (AvgIpc) is 3.16. The lowest BCUT2D eigenvalue weighted by molar-refractivity contribution is -0.0825. The fourth-order valence-corrected chi connectivity index (χ4v) is 4.20. The number of aliphatic hydroxyl groups excluding tert-OH is 1. The van der Waals surface area contributed by atoms with Crippen molar-refractivity contribution >= 4 is 5.91 Å². The van der Waals surface area contributed by atoms with Gasteiger partial charge >= 0.3 is 0 Å². The molecule has 2 heterocycles. The van der Waals surface area contributed by atoms with E-state index >= 15 is 0 Å². The summed E-state index contributed by atoms with van der Waals surface area (Å²) in [6.07, 6.45) is 2.63. The second-order valence-electron chi connectivity index (χ2n) is 7.39. The average molecular weight is 335 g/mol. The van der Waals surface area contributed by atoms with Gasteiger partial charge < -0.3 is 14.7 Å². The lowest BCUT2D eigenvalue weighted by Crippen LogP contribution is -2.53. The van der Waals surface area contributed by atoms with E-state index in [1.165, 1.54) is 0 Å². The van der Waals surface area contributed by atoms with E-state index in [0.717, 1.165) is 25.0 Å². The molecule has 24 heavy (non-hydrogen) atoms. The van der Waals surface area contributed by atoms with Crippen LogP contribution < -0.4 is 0 Å². The number of hydrogen-bond acceptors (Lipinski definition) is 4. The van der Waals surface area contributed by atoms with Crippen molar-refractivity contribution in [3.8, 4) is 0 Å². The summed E-state index contributed by atoms with van der Waals surface area (Å²) in [7, 11) is 1.73. The standard InChI is InChI=1S/C18H29N3O3/c1-5-21-15(11-14(19-21)12(2)3)17(23)20-9-8-18(24-4)7-6-13(22)10-16(18)20/h11-13,16,22H,5-10H2,1-4H3/t13-,16-,18+/m0/s1. The van der Waals surface area contributed by atoms with Crippen molar-refractivity contribution in [1.82, 2.24) is 14.7 Å². The summed E-state index contributed by atoms with van der Waals surface area (Å²) in [4.78, 5) is 15.1. The molecular formula is C18H29N3O3. The fourth-order valence-electron chi connectivity index (χ4n) is 4.20. The first-order valence-electron chi connectivity index (χ1n) is 9.03. The Kier molecular flexibility index (Phi) is 4.71. The van der Waals surface area contributed by atoms with Gasteiger partial charge in [-0.15, -0.1) is 0 Å². The third-order valence-electron chi connectivity index (χ3n) is 5.73. The molecule has 3 rings (SSSR count). The zero-order valence-corrected chi connectivity index (χ0v) is 15.2. The second kappa shape index (κ2) is 6.48. The smallest absolute Gasteiger partial charge is 0.272 e. The minimum atomic E-state index is -0.353. The molecule has 1 N–H and O–H groups in total. The number of aromatic nitrogens is 2. The SMILES string of the molecule is CCn1nc(C(C)C)cc1C(=O)N1CC[C@]2(OC)CC[C@H](O)C[C@H]12. The fraction of sp³-hybridized carbons (Fsp3) is 0.778. The molecule has 1 saturated heterocycles. The lowest BCUT2D eigenvalue weighted by Gasteiger charge is -2.42. The van der Waals surface area contributed by atoms with Gasteiger partial charge in [0.25, 0.3) is 5.91 Å². The van der Waals surface area contributed by atoms with Crippen molar-refractivity contribution in [2.24, 2.45) is 0 Å². The molecule has 0 bridgehead atoms. The minimum absolute atomic E-state index is 0.00859. The van der Waals surface area contributed by atoms with E-state index < -0.39 is 0 Å². The Hall–Kier alpha value is -1.40. The normalized spacial score (nSPS) is 30.0. The van der Waals surface area contributed by atoms with Crippen LogP contribution in [0.4, 0.5) is 0 Å². The topological polar surface area (TPSA) is 67.6 Å². The maximum atomic E-state index is 13.2. The van der Waals surface area contributed by atoms with Gasteiger partial charge in [0.15, 0.2) is 0 Å². The predicted octanol–water partition coefficient (Wildman–Crippen LogP) is 2.17. The van der Waals surface area contributed by atoms with Crippen molar-refractivity contribution in [1.29, 1.82) is 0 Å². The Morgan fingerprint density at radius 3 is 2.88 bits per heavy atom. The molecule has 0 aromatic carbocycles. The highest BCUT2D eigenvalue weighted by Gasteiger charge is 2.52. The minimum Gasteiger partial charge on any atom is -0.393 e. The highest BCUT2D eigenvalue weighted by molar-refractivity contribution is 5.93. The molecule has 1 aromatic rings. The molecule has 1 aliphatic carbocycles. The first kappa shape index (κ1) is 17.4.